The van der Waals surface area contributed by atoms with Gasteiger partial charge in [0.15, 0.2) is 0 Å². The van der Waals surface area contributed by atoms with Crippen LogP contribution in [0.4, 0.5) is 0 Å². The number of aliphatic hydroxyl groups is 2. The summed E-state index contributed by atoms with van der Waals surface area (Å²) in [7, 11) is 0. The first-order valence-corrected chi connectivity index (χ1v) is 4.00. The molecule has 2 heteroatoms. The third-order valence-corrected chi connectivity index (χ3v) is 3.21. The molecule has 0 saturated heterocycles. The average Bonchev–Trinajstić information content (AvgIpc) is 2.21. The molecule has 0 heterocycles. The fourth-order valence-electron chi connectivity index (χ4n) is 2.53. The van der Waals surface area contributed by atoms with Gasteiger partial charge in [0.05, 0.1) is 11.7 Å². The highest BCUT2D eigenvalue weighted by Crippen LogP contribution is 2.50. The van der Waals surface area contributed by atoms with Crippen LogP contribution in [-0.4, -0.2) is 21.9 Å². The van der Waals surface area contributed by atoms with Crippen molar-refractivity contribution in [3.8, 4) is 0 Å². The van der Waals surface area contributed by atoms with Gasteiger partial charge < -0.3 is 10.2 Å². The van der Waals surface area contributed by atoms with Gasteiger partial charge in [0.25, 0.3) is 0 Å². The van der Waals surface area contributed by atoms with Crippen molar-refractivity contribution in [1.29, 1.82) is 0 Å². The van der Waals surface area contributed by atoms with Crippen LogP contribution < -0.4 is 0 Å². The zero-order chi connectivity index (χ0) is 7.35. The lowest BCUT2D eigenvalue weighted by molar-refractivity contribution is -0.0284. The van der Waals surface area contributed by atoms with Crippen molar-refractivity contribution in [1.82, 2.24) is 0 Å². The van der Waals surface area contributed by atoms with E-state index in [0.29, 0.717) is 11.8 Å². The standard InChI is InChI=1S/C8H14O2/c1-8(10)4-5-2-6(8)3-7(5)9/h5-7,9-10H,2-4H2,1H3/t5-,6-,7+,8+/m1/s1. The topological polar surface area (TPSA) is 40.5 Å². The van der Waals surface area contributed by atoms with E-state index in [-0.39, 0.29) is 6.10 Å². The van der Waals surface area contributed by atoms with Gasteiger partial charge in [0.2, 0.25) is 0 Å². The van der Waals surface area contributed by atoms with Gasteiger partial charge in [-0.25, -0.2) is 0 Å². The molecule has 0 aromatic heterocycles. The molecule has 2 bridgehead atoms. The lowest BCUT2D eigenvalue weighted by Crippen LogP contribution is -2.35. The highest BCUT2D eigenvalue weighted by Gasteiger charge is 2.51. The van der Waals surface area contributed by atoms with E-state index in [2.05, 4.69) is 0 Å². The number of rotatable bonds is 0. The van der Waals surface area contributed by atoms with Crippen LogP contribution in [0.1, 0.15) is 26.2 Å². The Morgan fingerprint density at radius 2 is 2.10 bits per heavy atom. The molecule has 0 aliphatic heterocycles. The van der Waals surface area contributed by atoms with Gasteiger partial charge >= 0.3 is 0 Å². The molecule has 2 saturated carbocycles. The van der Waals surface area contributed by atoms with E-state index >= 15 is 0 Å². The van der Waals surface area contributed by atoms with Crippen LogP contribution in [0, 0.1) is 11.8 Å². The smallest absolute Gasteiger partial charge is 0.0652 e. The zero-order valence-electron chi connectivity index (χ0n) is 6.25. The Morgan fingerprint density at radius 3 is 2.40 bits per heavy atom. The summed E-state index contributed by atoms with van der Waals surface area (Å²) >= 11 is 0. The summed E-state index contributed by atoms with van der Waals surface area (Å²) in [4.78, 5) is 0. The Balaban J connectivity index is 2.16. The summed E-state index contributed by atoms with van der Waals surface area (Å²) in [5.74, 6) is 0.757. The number of hydrogen-bond donors (Lipinski definition) is 2. The summed E-state index contributed by atoms with van der Waals surface area (Å²) in [6, 6.07) is 0. The van der Waals surface area contributed by atoms with Crippen molar-refractivity contribution in [2.75, 3.05) is 0 Å². The van der Waals surface area contributed by atoms with Crippen molar-refractivity contribution in [3.05, 3.63) is 0 Å². The molecule has 10 heavy (non-hydrogen) atoms. The van der Waals surface area contributed by atoms with Gasteiger partial charge in [0.1, 0.15) is 0 Å². The molecule has 0 aromatic rings. The van der Waals surface area contributed by atoms with Crippen LogP contribution in [0.2, 0.25) is 0 Å². The highest BCUT2D eigenvalue weighted by atomic mass is 16.3. The van der Waals surface area contributed by atoms with Gasteiger partial charge in [-0.05, 0) is 38.0 Å². The van der Waals surface area contributed by atoms with Crippen LogP contribution in [0.15, 0.2) is 0 Å². The zero-order valence-corrected chi connectivity index (χ0v) is 6.25. The quantitative estimate of drug-likeness (QED) is 0.518. The van der Waals surface area contributed by atoms with E-state index in [0.717, 1.165) is 19.3 Å². The van der Waals surface area contributed by atoms with Crippen LogP contribution in [0.5, 0.6) is 0 Å². The maximum atomic E-state index is 9.69. The van der Waals surface area contributed by atoms with Gasteiger partial charge in [-0.3, -0.25) is 0 Å². The SMILES string of the molecule is C[C@]1(O)C[C@H]2C[C@@H]1C[C@@H]2O. The van der Waals surface area contributed by atoms with E-state index in [4.69, 9.17) is 0 Å². The first kappa shape index (κ1) is 6.62. The van der Waals surface area contributed by atoms with Crippen molar-refractivity contribution in [2.24, 2.45) is 11.8 Å². The van der Waals surface area contributed by atoms with Crippen molar-refractivity contribution in [3.63, 3.8) is 0 Å². The predicted octanol–water partition coefficient (Wildman–Crippen LogP) is 0.528. The fraction of sp³-hybridized carbons (Fsp3) is 1.00. The minimum atomic E-state index is -0.468. The number of aliphatic hydroxyl groups excluding tert-OH is 1. The van der Waals surface area contributed by atoms with Crippen LogP contribution in [0.25, 0.3) is 0 Å². The monoisotopic (exact) mass is 142 g/mol. The number of fused-ring (bicyclic) bond motifs is 2. The third kappa shape index (κ3) is 0.722. The van der Waals surface area contributed by atoms with E-state index < -0.39 is 5.60 Å². The first-order chi connectivity index (χ1) is 4.59. The summed E-state index contributed by atoms with van der Waals surface area (Å²) < 4.78 is 0. The predicted molar refractivity (Wildman–Crippen MR) is 37.5 cm³/mol. The summed E-state index contributed by atoms with van der Waals surface area (Å²) in [5.41, 5.74) is -0.468. The Kier molecular flexibility index (Phi) is 1.15. The fourth-order valence-corrected chi connectivity index (χ4v) is 2.53. The molecule has 0 radical (unpaired) electrons. The molecule has 0 aromatic carbocycles. The van der Waals surface area contributed by atoms with Crippen molar-refractivity contribution < 1.29 is 10.2 Å². The summed E-state index contributed by atoms with van der Waals surface area (Å²) in [6.07, 6.45) is 2.54. The molecule has 2 rings (SSSR count). The van der Waals surface area contributed by atoms with Crippen LogP contribution in [-0.2, 0) is 0 Å². The maximum Gasteiger partial charge on any atom is 0.0652 e. The van der Waals surface area contributed by atoms with E-state index in [1.165, 1.54) is 0 Å². The molecule has 2 N–H and O–H groups in total. The molecular formula is C8H14O2. The van der Waals surface area contributed by atoms with Gasteiger partial charge in [-0.2, -0.15) is 0 Å². The first-order valence-electron chi connectivity index (χ1n) is 4.00. The minimum absolute atomic E-state index is 0.120. The lowest BCUT2D eigenvalue weighted by Gasteiger charge is -2.30. The summed E-state index contributed by atoms with van der Waals surface area (Å²) in [6.45, 7) is 1.89. The average molecular weight is 142 g/mol. The van der Waals surface area contributed by atoms with E-state index in [9.17, 15) is 10.2 Å². The second-order valence-corrected chi connectivity index (χ2v) is 4.06. The van der Waals surface area contributed by atoms with Gasteiger partial charge in [0, 0.05) is 0 Å². The molecule has 2 fully saturated rings. The molecule has 0 spiro atoms. The molecule has 2 nitrogen and oxygen atoms in total. The van der Waals surface area contributed by atoms with E-state index in [1.807, 2.05) is 6.92 Å². The molecule has 0 unspecified atom stereocenters. The molecule has 2 aliphatic rings. The van der Waals surface area contributed by atoms with Crippen molar-refractivity contribution >= 4 is 0 Å². The van der Waals surface area contributed by atoms with Crippen LogP contribution in [0.3, 0.4) is 0 Å². The second kappa shape index (κ2) is 1.74. The summed E-state index contributed by atoms with van der Waals surface area (Å²) in [5, 5.41) is 19.0. The largest absolute Gasteiger partial charge is 0.393 e. The molecule has 0 amide bonds. The Bertz CT molecular complexity index is 151. The Labute approximate surface area is 60.9 Å². The molecule has 58 valence electrons. The van der Waals surface area contributed by atoms with Crippen molar-refractivity contribution in [2.45, 2.75) is 37.9 Å². The maximum absolute atomic E-state index is 9.69. The van der Waals surface area contributed by atoms with E-state index in [1.54, 1.807) is 0 Å². The van der Waals surface area contributed by atoms with Crippen LogP contribution >= 0.6 is 0 Å². The van der Waals surface area contributed by atoms with Gasteiger partial charge in [-0.1, -0.05) is 0 Å². The minimum Gasteiger partial charge on any atom is -0.393 e. The highest BCUT2D eigenvalue weighted by molar-refractivity contribution is 5.02. The Morgan fingerprint density at radius 1 is 1.40 bits per heavy atom. The molecular weight excluding hydrogens is 128 g/mol. The molecule has 2 aliphatic carbocycles. The lowest BCUT2D eigenvalue weighted by atomic mass is 9.85. The number of hydrogen-bond acceptors (Lipinski definition) is 2. The Hall–Kier alpha value is -0.0800. The van der Waals surface area contributed by atoms with Gasteiger partial charge in [-0.15, -0.1) is 0 Å². The second-order valence-electron chi connectivity index (χ2n) is 4.06. The third-order valence-electron chi connectivity index (χ3n) is 3.21. The molecule has 4 atom stereocenters. The normalized spacial score (nSPS) is 59.7.